The minimum Gasteiger partial charge on any atom is -0.356 e. The molecule has 4 nitrogen and oxygen atoms in total. The van der Waals surface area contributed by atoms with E-state index in [1.807, 2.05) is 24.3 Å². The Morgan fingerprint density at radius 1 is 1.45 bits per heavy atom. The molecule has 5 heteroatoms. The number of nitrogens with one attached hydrogen (secondary N) is 1. The van der Waals surface area contributed by atoms with Gasteiger partial charge in [0.15, 0.2) is 5.58 Å². The number of rotatable bonds is 7. The number of carbonyl (C=O) groups is 1. The van der Waals surface area contributed by atoms with Crippen molar-refractivity contribution in [2.75, 3.05) is 11.9 Å². The fourth-order valence-corrected chi connectivity index (χ4v) is 2.79. The van der Waals surface area contributed by atoms with Crippen molar-refractivity contribution in [1.82, 2.24) is 10.5 Å². The van der Waals surface area contributed by atoms with Gasteiger partial charge < -0.3 is 9.84 Å². The number of hydrogen-bond acceptors (Lipinski definition) is 3. The lowest BCUT2D eigenvalue weighted by Crippen LogP contribution is -2.30. The van der Waals surface area contributed by atoms with Gasteiger partial charge in [0.2, 0.25) is 5.91 Å². The molecule has 1 unspecified atom stereocenters. The molecule has 2 rings (SSSR count). The number of nitrogens with zero attached hydrogens (tertiary/aromatic N) is 1. The Morgan fingerprint density at radius 3 is 3.00 bits per heavy atom. The third-order valence-electron chi connectivity index (χ3n) is 3.46. The van der Waals surface area contributed by atoms with E-state index >= 15 is 0 Å². The Balaban J connectivity index is 1.91. The highest BCUT2D eigenvalue weighted by molar-refractivity contribution is 9.09. The number of para-hydroxylation sites is 1. The summed E-state index contributed by atoms with van der Waals surface area (Å²) < 4.78 is 5.20. The standard InChI is InChI=1S/C15H19BrN2O2/c1-2-11(7-8-16)10-17-15(19)9-13-12-5-3-4-6-14(12)20-18-13/h3-6,11H,2,7-10H2,1H3,(H,17,19). The van der Waals surface area contributed by atoms with Gasteiger partial charge in [-0.3, -0.25) is 4.79 Å². The Kier molecular flexibility index (Phi) is 5.59. The zero-order chi connectivity index (χ0) is 14.4. The van der Waals surface area contributed by atoms with Gasteiger partial charge in [-0.1, -0.05) is 46.6 Å². The van der Waals surface area contributed by atoms with Crippen molar-refractivity contribution in [2.24, 2.45) is 5.92 Å². The van der Waals surface area contributed by atoms with E-state index in [2.05, 4.69) is 33.3 Å². The van der Waals surface area contributed by atoms with Gasteiger partial charge in [-0.25, -0.2) is 0 Å². The van der Waals surface area contributed by atoms with E-state index in [-0.39, 0.29) is 12.3 Å². The van der Waals surface area contributed by atoms with Crippen LogP contribution in [0.4, 0.5) is 0 Å². The lowest BCUT2D eigenvalue weighted by molar-refractivity contribution is -0.120. The maximum Gasteiger partial charge on any atom is 0.226 e. The van der Waals surface area contributed by atoms with Crippen molar-refractivity contribution in [3.8, 4) is 0 Å². The van der Waals surface area contributed by atoms with Crippen LogP contribution in [0.1, 0.15) is 25.5 Å². The van der Waals surface area contributed by atoms with Gasteiger partial charge in [-0.05, 0) is 24.5 Å². The van der Waals surface area contributed by atoms with Gasteiger partial charge in [0, 0.05) is 17.3 Å². The number of alkyl halides is 1. The first-order valence-electron chi connectivity index (χ1n) is 6.90. The molecule has 1 aromatic heterocycles. The number of halogens is 1. The SMILES string of the molecule is CCC(CCBr)CNC(=O)Cc1noc2ccccc12. The monoisotopic (exact) mass is 338 g/mol. The summed E-state index contributed by atoms with van der Waals surface area (Å²) in [6, 6.07) is 7.59. The van der Waals surface area contributed by atoms with Crippen LogP contribution < -0.4 is 5.32 Å². The Morgan fingerprint density at radius 2 is 2.25 bits per heavy atom. The highest BCUT2D eigenvalue weighted by Crippen LogP contribution is 2.18. The average molecular weight is 339 g/mol. The Bertz CT molecular complexity index is 568. The van der Waals surface area contributed by atoms with Crippen LogP contribution in [-0.2, 0) is 11.2 Å². The number of fused-ring (bicyclic) bond motifs is 1. The summed E-state index contributed by atoms with van der Waals surface area (Å²) in [6.45, 7) is 2.86. The van der Waals surface area contributed by atoms with Crippen LogP contribution >= 0.6 is 15.9 Å². The fraction of sp³-hybridized carbons (Fsp3) is 0.467. The summed E-state index contributed by atoms with van der Waals surface area (Å²) in [5.41, 5.74) is 1.42. The molecule has 0 spiro atoms. The van der Waals surface area contributed by atoms with Crippen LogP contribution in [0.25, 0.3) is 11.0 Å². The van der Waals surface area contributed by atoms with Crippen molar-refractivity contribution in [1.29, 1.82) is 0 Å². The molecule has 1 heterocycles. The van der Waals surface area contributed by atoms with Crippen molar-refractivity contribution >= 4 is 32.8 Å². The first-order valence-corrected chi connectivity index (χ1v) is 8.02. The Hall–Kier alpha value is -1.36. The number of carbonyl (C=O) groups excluding carboxylic acids is 1. The van der Waals surface area contributed by atoms with Crippen LogP contribution in [0.2, 0.25) is 0 Å². The highest BCUT2D eigenvalue weighted by atomic mass is 79.9. The number of hydrogen-bond donors (Lipinski definition) is 1. The van der Waals surface area contributed by atoms with Crippen molar-refractivity contribution in [3.05, 3.63) is 30.0 Å². The van der Waals surface area contributed by atoms with E-state index in [4.69, 9.17) is 4.52 Å². The molecule has 0 aliphatic heterocycles. The van der Waals surface area contributed by atoms with Gasteiger partial charge >= 0.3 is 0 Å². The van der Waals surface area contributed by atoms with Crippen molar-refractivity contribution < 1.29 is 9.32 Å². The molecular weight excluding hydrogens is 320 g/mol. The highest BCUT2D eigenvalue weighted by Gasteiger charge is 2.13. The van der Waals surface area contributed by atoms with E-state index in [9.17, 15) is 4.79 Å². The number of amides is 1. The topological polar surface area (TPSA) is 55.1 Å². The molecule has 1 amide bonds. The van der Waals surface area contributed by atoms with Crippen LogP contribution in [0.3, 0.4) is 0 Å². The van der Waals surface area contributed by atoms with Crippen LogP contribution in [0.5, 0.6) is 0 Å². The number of benzene rings is 1. The van der Waals surface area contributed by atoms with Crippen LogP contribution in [0, 0.1) is 5.92 Å². The molecule has 0 fully saturated rings. The predicted octanol–water partition coefficient (Wildman–Crippen LogP) is 3.30. The molecule has 0 aliphatic carbocycles. The minimum absolute atomic E-state index is 0.00271. The third kappa shape index (κ3) is 3.82. The second-order valence-electron chi connectivity index (χ2n) is 4.86. The van der Waals surface area contributed by atoms with Gasteiger partial charge in [0.05, 0.1) is 6.42 Å². The summed E-state index contributed by atoms with van der Waals surface area (Å²) >= 11 is 3.44. The van der Waals surface area contributed by atoms with E-state index in [0.717, 1.165) is 35.7 Å². The molecule has 1 atom stereocenters. The van der Waals surface area contributed by atoms with Gasteiger partial charge in [-0.15, -0.1) is 0 Å². The zero-order valence-corrected chi connectivity index (χ0v) is 13.1. The lowest BCUT2D eigenvalue weighted by atomic mass is 10.0. The summed E-state index contributed by atoms with van der Waals surface area (Å²) in [5.74, 6) is 0.518. The van der Waals surface area contributed by atoms with E-state index in [1.54, 1.807) is 0 Å². The van der Waals surface area contributed by atoms with E-state index in [1.165, 1.54) is 0 Å². The second-order valence-corrected chi connectivity index (χ2v) is 5.65. The molecule has 0 bridgehead atoms. The average Bonchev–Trinajstić information content (AvgIpc) is 2.87. The molecule has 0 saturated heterocycles. The van der Waals surface area contributed by atoms with E-state index < -0.39 is 0 Å². The summed E-state index contributed by atoms with van der Waals surface area (Å²) in [7, 11) is 0. The molecule has 0 saturated carbocycles. The largest absolute Gasteiger partial charge is 0.356 e. The van der Waals surface area contributed by atoms with E-state index in [0.29, 0.717) is 11.6 Å². The maximum absolute atomic E-state index is 12.0. The number of aromatic nitrogens is 1. The van der Waals surface area contributed by atoms with Crippen molar-refractivity contribution in [2.45, 2.75) is 26.2 Å². The second kappa shape index (κ2) is 7.43. The molecule has 0 aliphatic rings. The van der Waals surface area contributed by atoms with Gasteiger partial charge in [-0.2, -0.15) is 0 Å². The molecule has 108 valence electrons. The molecule has 2 aromatic rings. The first-order chi connectivity index (χ1) is 9.74. The summed E-state index contributed by atoms with van der Waals surface area (Å²) in [5, 5.41) is 8.84. The molecule has 1 N–H and O–H groups in total. The maximum atomic E-state index is 12.0. The van der Waals surface area contributed by atoms with Crippen molar-refractivity contribution in [3.63, 3.8) is 0 Å². The Labute approximate surface area is 127 Å². The lowest BCUT2D eigenvalue weighted by Gasteiger charge is -2.13. The first kappa shape index (κ1) is 15.0. The van der Waals surface area contributed by atoms with Gasteiger partial charge in [0.25, 0.3) is 0 Å². The quantitative estimate of drug-likeness (QED) is 0.788. The summed E-state index contributed by atoms with van der Waals surface area (Å²) in [6.07, 6.45) is 2.41. The normalized spacial score (nSPS) is 12.5. The van der Waals surface area contributed by atoms with Crippen LogP contribution in [0.15, 0.2) is 28.8 Å². The predicted molar refractivity (Wildman–Crippen MR) is 82.9 cm³/mol. The molecule has 20 heavy (non-hydrogen) atoms. The molecule has 0 radical (unpaired) electrons. The molecular formula is C15H19BrN2O2. The molecule has 1 aromatic carbocycles. The summed E-state index contributed by atoms with van der Waals surface area (Å²) in [4.78, 5) is 12.0. The fourth-order valence-electron chi connectivity index (χ4n) is 2.14. The third-order valence-corrected chi connectivity index (χ3v) is 3.92. The van der Waals surface area contributed by atoms with Gasteiger partial charge in [0.1, 0.15) is 5.69 Å². The zero-order valence-electron chi connectivity index (χ0n) is 11.6. The smallest absolute Gasteiger partial charge is 0.226 e. The van der Waals surface area contributed by atoms with Crippen LogP contribution in [-0.4, -0.2) is 22.9 Å². The minimum atomic E-state index is -0.00271.